The van der Waals surface area contributed by atoms with E-state index in [9.17, 15) is 18.0 Å². The van der Waals surface area contributed by atoms with Gasteiger partial charge in [-0.3, -0.25) is 4.79 Å². The highest BCUT2D eigenvalue weighted by atomic mass is 35.5. The first kappa shape index (κ1) is 23.1. The summed E-state index contributed by atoms with van der Waals surface area (Å²) in [7, 11) is 0. The summed E-state index contributed by atoms with van der Waals surface area (Å²) in [4.78, 5) is 18.3. The van der Waals surface area contributed by atoms with Crippen molar-refractivity contribution in [3.63, 3.8) is 0 Å². The van der Waals surface area contributed by atoms with Crippen LogP contribution >= 0.6 is 11.6 Å². The fourth-order valence-corrected chi connectivity index (χ4v) is 4.17. The fourth-order valence-electron chi connectivity index (χ4n) is 3.88. The topological polar surface area (TPSA) is 63.1 Å². The molecule has 0 spiro atoms. The van der Waals surface area contributed by atoms with E-state index in [-0.39, 0.29) is 16.8 Å². The summed E-state index contributed by atoms with van der Waals surface area (Å²) in [5.74, 6) is 0.174. The summed E-state index contributed by atoms with van der Waals surface area (Å²) in [5.41, 5.74) is 1.22. The molecule has 10 heteroatoms. The molecule has 6 nitrogen and oxygen atoms in total. The standard InChI is InChI=1S/C23H23ClF3N5O/c24-20-14-18(23(25,26)27)15-29-21(20)31-12-7-17(8-13-31)22(33)28-10-6-16-2-4-19(5-3-16)32-11-1-9-30-32/h1-5,9,11,14-15,17H,6-8,10,12-13H2,(H,28,33). The molecule has 3 heterocycles. The van der Waals surface area contributed by atoms with Gasteiger partial charge in [-0.25, -0.2) is 9.67 Å². The molecular weight excluding hydrogens is 455 g/mol. The van der Waals surface area contributed by atoms with Crippen molar-refractivity contribution in [3.8, 4) is 5.69 Å². The zero-order valence-electron chi connectivity index (χ0n) is 17.7. The molecule has 33 heavy (non-hydrogen) atoms. The Bertz CT molecular complexity index is 1080. The molecule has 0 aliphatic carbocycles. The van der Waals surface area contributed by atoms with Gasteiger partial charge in [0.05, 0.1) is 16.3 Å². The Morgan fingerprint density at radius 3 is 2.52 bits per heavy atom. The molecule has 3 aromatic rings. The van der Waals surface area contributed by atoms with Crippen molar-refractivity contribution in [1.29, 1.82) is 0 Å². The number of halogens is 4. The van der Waals surface area contributed by atoms with Crippen LogP contribution < -0.4 is 10.2 Å². The molecule has 1 fully saturated rings. The highest BCUT2D eigenvalue weighted by Gasteiger charge is 2.33. The van der Waals surface area contributed by atoms with E-state index in [2.05, 4.69) is 15.4 Å². The van der Waals surface area contributed by atoms with E-state index in [1.807, 2.05) is 41.4 Å². The van der Waals surface area contributed by atoms with Crippen molar-refractivity contribution in [2.75, 3.05) is 24.5 Å². The first-order chi connectivity index (χ1) is 15.8. The van der Waals surface area contributed by atoms with E-state index in [0.29, 0.717) is 38.3 Å². The number of carbonyl (C=O) groups excluding carboxylic acids is 1. The van der Waals surface area contributed by atoms with Crippen LogP contribution in [-0.2, 0) is 17.4 Å². The van der Waals surface area contributed by atoms with Crippen molar-refractivity contribution in [1.82, 2.24) is 20.1 Å². The van der Waals surface area contributed by atoms with E-state index in [1.165, 1.54) is 0 Å². The minimum atomic E-state index is -4.48. The number of pyridine rings is 1. The van der Waals surface area contributed by atoms with E-state index >= 15 is 0 Å². The second-order valence-corrected chi connectivity index (χ2v) is 8.35. The van der Waals surface area contributed by atoms with Gasteiger partial charge in [0, 0.05) is 44.1 Å². The Morgan fingerprint density at radius 1 is 1.18 bits per heavy atom. The van der Waals surface area contributed by atoms with Gasteiger partial charge >= 0.3 is 6.18 Å². The van der Waals surface area contributed by atoms with Crippen LogP contribution in [0.25, 0.3) is 5.69 Å². The normalized spacial score (nSPS) is 15.0. The third-order valence-corrected chi connectivity index (χ3v) is 6.01. The highest BCUT2D eigenvalue weighted by molar-refractivity contribution is 6.33. The summed E-state index contributed by atoms with van der Waals surface area (Å²) in [6.45, 7) is 1.54. The van der Waals surface area contributed by atoms with Gasteiger partial charge in [-0.15, -0.1) is 0 Å². The number of rotatable bonds is 6. The number of nitrogens with zero attached hydrogens (tertiary/aromatic N) is 4. The van der Waals surface area contributed by atoms with Crippen LogP contribution in [0.2, 0.25) is 5.02 Å². The third-order valence-electron chi connectivity index (χ3n) is 5.73. The second-order valence-electron chi connectivity index (χ2n) is 7.95. The molecule has 1 aromatic carbocycles. The number of piperidine rings is 1. The van der Waals surface area contributed by atoms with Gasteiger partial charge < -0.3 is 10.2 Å². The lowest BCUT2D eigenvalue weighted by Gasteiger charge is -2.32. The van der Waals surface area contributed by atoms with Crippen molar-refractivity contribution in [3.05, 3.63) is 71.1 Å². The Hall–Kier alpha value is -3.07. The summed E-state index contributed by atoms with van der Waals surface area (Å²) in [6.07, 6.45) is 1.80. The van der Waals surface area contributed by atoms with Crippen LogP contribution in [0, 0.1) is 5.92 Å². The van der Waals surface area contributed by atoms with E-state index < -0.39 is 11.7 Å². The molecule has 0 radical (unpaired) electrons. The van der Waals surface area contributed by atoms with Crippen LogP contribution in [-0.4, -0.2) is 40.3 Å². The molecule has 1 aliphatic heterocycles. The lowest BCUT2D eigenvalue weighted by Crippen LogP contribution is -2.41. The Kier molecular flexibility index (Phi) is 6.88. The Labute approximate surface area is 194 Å². The summed E-state index contributed by atoms with van der Waals surface area (Å²) in [5, 5.41) is 7.15. The fraction of sp³-hybridized carbons (Fsp3) is 0.348. The quantitative estimate of drug-likeness (QED) is 0.567. The minimum Gasteiger partial charge on any atom is -0.356 e. The van der Waals surface area contributed by atoms with Crippen LogP contribution in [0.15, 0.2) is 55.0 Å². The van der Waals surface area contributed by atoms with E-state index in [4.69, 9.17) is 11.6 Å². The molecule has 1 aliphatic rings. The molecule has 0 saturated carbocycles. The number of amides is 1. The van der Waals surface area contributed by atoms with E-state index in [0.717, 1.165) is 29.9 Å². The molecule has 1 amide bonds. The first-order valence-electron chi connectivity index (χ1n) is 10.7. The van der Waals surface area contributed by atoms with Gasteiger partial charge in [0.15, 0.2) is 0 Å². The van der Waals surface area contributed by atoms with Gasteiger partial charge in [0.2, 0.25) is 5.91 Å². The number of anilines is 1. The van der Waals surface area contributed by atoms with Crippen molar-refractivity contribution < 1.29 is 18.0 Å². The van der Waals surface area contributed by atoms with Gasteiger partial charge in [-0.1, -0.05) is 23.7 Å². The monoisotopic (exact) mass is 477 g/mol. The average molecular weight is 478 g/mol. The third kappa shape index (κ3) is 5.65. The van der Waals surface area contributed by atoms with Crippen molar-refractivity contribution in [2.45, 2.75) is 25.4 Å². The molecule has 4 rings (SSSR count). The lowest BCUT2D eigenvalue weighted by molar-refractivity contribution is -0.137. The maximum absolute atomic E-state index is 12.8. The van der Waals surface area contributed by atoms with Gasteiger partial charge in [-0.05, 0) is 49.1 Å². The number of aromatic nitrogens is 3. The van der Waals surface area contributed by atoms with E-state index in [1.54, 1.807) is 10.9 Å². The second kappa shape index (κ2) is 9.82. The summed E-state index contributed by atoms with van der Waals surface area (Å²) >= 11 is 6.04. The molecular formula is C23H23ClF3N5O. The average Bonchev–Trinajstić information content (AvgIpc) is 3.34. The largest absolute Gasteiger partial charge is 0.417 e. The molecule has 174 valence electrons. The molecule has 2 aromatic heterocycles. The van der Waals surface area contributed by atoms with Crippen LogP contribution in [0.1, 0.15) is 24.0 Å². The number of hydrogen-bond acceptors (Lipinski definition) is 4. The predicted molar refractivity (Wildman–Crippen MR) is 119 cm³/mol. The smallest absolute Gasteiger partial charge is 0.356 e. The van der Waals surface area contributed by atoms with Crippen LogP contribution in [0.3, 0.4) is 0 Å². The first-order valence-corrected chi connectivity index (χ1v) is 11.0. The number of nitrogens with one attached hydrogen (secondary N) is 1. The molecule has 0 unspecified atom stereocenters. The number of alkyl halides is 3. The van der Waals surface area contributed by atoms with Crippen LogP contribution in [0.5, 0.6) is 0 Å². The number of hydrogen-bond donors (Lipinski definition) is 1. The zero-order chi connectivity index (χ0) is 23.4. The molecule has 0 bridgehead atoms. The minimum absolute atomic E-state index is 0.00529. The van der Waals surface area contributed by atoms with Crippen molar-refractivity contribution >= 4 is 23.3 Å². The van der Waals surface area contributed by atoms with Crippen molar-refractivity contribution in [2.24, 2.45) is 5.92 Å². The number of carbonyl (C=O) groups is 1. The predicted octanol–water partition coefficient (Wildman–Crippen LogP) is 4.51. The van der Waals surface area contributed by atoms with Gasteiger partial charge in [-0.2, -0.15) is 18.3 Å². The summed E-state index contributed by atoms with van der Waals surface area (Å²) in [6, 6.07) is 10.8. The molecule has 0 atom stereocenters. The maximum Gasteiger partial charge on any atom is 0.417 e. The van der Waals surface area contributed by atoms with Gasteiger partial charge in [0.1, 0.15) is 5.82 Å². The Balaban J connectivity index is 1.23. The Morgan fingerprint density at radius 2 is 1.91 bits per heavy atom. The molecule has 1 saturated heterocycles. The highest BCUT2D eigenvalue weighted by Crippen LogP contribution is 2.34. The lowest BCUT2D eigenvalue weighted by atomic mass is 9.95. The maximum atomic E-state index is 12.8. The SMILES string of the molecule is O=C(NCCc1ccc(-n2cccn2)cc1)C1CCN(c2ncc(C(F)(F)F)cc2Cl)CC1. The van der Waals surface area contributed by atoms with Gasteiger partial charge in [0.25, 0.3) is 0 Å². The van der Waals surface area contributed by atoms with Crippen LogP contribution in [0.4, 0.5) is 19.0 Å². The number of benzene rings is 1. The summed E-state index contributed by atoms with van der Waals surface area (Å²) < 4.78 is 40.2. The zero-order valence-corrected chi connectivity index (χ0v) is 18.5. The molecule has 1 N–H and O–H groups in total.